The van der Waals surface area contributed by atoms with Crippen molar-refractivity contribution < 1.29 is 9.59 Å². The number of carbonyl (C=O) groups excluding carboxylic acids is 2. The number of benzene rings is 1. The summed E-state index contributed by atoms with van der Waals surface area (Å²) in [6.45, 7) is 7.28. The average molecular weight is 432 g/mol. The van der Waals surface area contributed by atoms with Crippen molar-refractivity contribution in [3.8, 4) is 10.4 Å². The van der Waals surface area contributed by atoms with Gasteiger partial charge in [0.05, 0.1) is 16.1 Å². The molecule has 1 atom stereocenters. The van der Waals surface area contributed by atoms with E-state index in [1.807, 2.05) is 30.8 Å². The van der Waals surface area contributed by atoms with Crippen LogP contribution in [0.25, 0.3) is 10.4 Å². The van der Waals surface area contributed by atoms with E-state index in [1.54, 1.807) is 28.0 Å². The van der Waals surface area contributed by atoms with E-state index in [0.717, 1.165) is 29.7 Å². The molecule has 1 aliphatic heterocycles. The molecule has 7 heteroatoms. The maximum atomic E-state index is 12.8. The third-order valence-corrected chi connectivity index (χ3v) is 7.66. The first-order valence-corrected chi connectivity index (χ1v) is 12.0. The summed E-state index contributed by atoms with van der Waals surface area (Å²) in [5.41, 5.74) is 5.08. The fraction of sp³-hybridized carbons (Fsp3) is 0.500. The van der Waals surface area contributed by atoms with Gasteiger partial charge in [0, 0.05) is 24.3 Å². The summed E-state index contributed by atoms with van der Waals surface area (Å²) >= 11 is 3.31. The molecule has 5 nitrogen and oxygen atoms in total. The molecule has 0 bridgehead atoms. The van der Waals surface area contributed by atoms with E-state index in [4.69, 9.17) is 0 Å². The zero-order valence-electron chi connectivity index (χ0n) is 17.5. The molecule has 3 rings (SSSR count). The molecule has 1 N–H and O–H groups in total. The summed E-state index contributed by atoms with van der Waals surface area (Å²) in [6, 6.07) is 7.86. The Kier molecular flexibility index (Phi) is 7.01. The Hall–Kier alpha value is -1.86. The lowest BCUT2D eigenvalue weighted by Crippen LogP contribution is -2.46. The number of likely N-dealkylation sites (tertiary alicyclic amines) is 1. The minimum Gasteiger partial charge on any atom is -0.350 e. The quantitative estimate of drug-likeness (QED) is 0.712. The number of hydrogen-bond acceptors (Lipinski definition) is 5. The molecule has 2 heterocycles. The van der Waals surface area contributed by atoms with Gasteiger partial charge in [0.2, 0.25) is 11.8 Å². The van der Waals surface area contributed by atoms with Gasteiger partial charge in [0.15, 0.2) is 0 Å². The summed E-state index contributed by atoms with van der Waals surface area (Å²) in [7, 11) is 0. The largest absolute Gasteiger partial charge is 0.350 e. The summed E-state index contributed by atoms with van der Waals surface area (Å²) < 4.78 is -0.112. The SMILES string of the molecule is CSC(C)(C)CC(=O)N1CCCC1C(=O)NCc1ccc(-c2scnc2C)cc1. The van der Waals surface area contributed by atoms with Crippen LogP contribution in [-0.4, -0.2) is 45.3 Å². The van der Waals surface area contributed by atoms with Crippen LogP contribution in [0.3, 0.4) is 0 Å². The topological polar surface area (TPSA) is 62.3 Å². The Bertz CT molecular complexity index is 861. The van der Waals surface area contributed by atoms with Gasteiger partial charge in [-0.2, -0.15) is 11.8 Å². The molecule has 1 aromatic heterocycles. The molecule has 1 aromatic carbocycles. The van der Waals surface area contributed by atoms with E-state index in [0.29, 0.717) is 19.5 Å². The summed E-state index contributed by atoms with van der Waals surface area (Å²) in [6.07, 6.45) is 4.09. The Morgan fingerprint density at radius 3 is 2.66 bits per heavy atom. The molecular formula is C22H29N3O2S2. The molecule has 0 aliphatic carbocycles. The number of aromatic nitrogens is 1. The molecule has 1 fully saturated rings. The summed E-state index contributed by atoms with van der Waals surface area (Å²) in [4.78, 5) is 32.7. The molecular weight excluding hydrogens is 402 g/mol. The van der Waals surface area contributed by atoms with Gasteiger partial charge in [0.1, 0.15) is 6.04 Å². The highest BCUT2D eigenvalue weighted by Crippen LogP contribution is 2.29. The molecule has 0 spiro atoms. The zero-order chi connectivity index (χ0) is 21.0. The van der Waals surface area contributed by atoms with Crippen molar-refractivity contribution in [2.24, 2.45) is 0 Å². The Morgan fingerprint density at radius 1 is 1.31 bits per heavy atom. The second-order valence-corrected chi connectivity index (χ2v) is 10.4. The fourth-order valence-corrected chi connectivity index (χ4v) is 4.62. The molecule has 29 heavy (non-hydrogen) atoms. The van der Waals surface area contributed by atoms with Crippen molar-refractivity contribution >= 4 is 34.9 Å². The van der Waals surface area contributed by atoms with Crippen LogP contribution in [0.1, 0.15) is 44.4 Å². The predicted octanol–water partition coefficient (Wildman–Crippen LogP) is 4.26. The molecule has 0 radical (unpaired) electrons. The first-order chi connectivity index (χ1) is 13.8. The number of carbonyl (C=O) groups is 2. The van der Waals surface area contributed by atoms with Crippen molar-refractivity contribution in [3.63, 3.8) is 0 Å². The first kappa shape index (κ1) is 21.8. The Labute approximate surface area is 181 Å². The lowest BCUT2D eigenvalue weighted by molar-refractivity contribution is -0.138. The van der Waals surface area contributed by atoms with Crippen LogP contribution in [-0.2, 0) is 16.1 Å². The number of aryl methyl sites for hydroxylation is 1. The van der Waals surface area contributed by atoms with Gasteiger partial charge in [-0.25, -0.2) is 4.98 Å². The average Bonchev–Trinajstić information content (AvgIpc) is 3.35. The normalized spacial score (nSPS) is 16.8. The van der Waals surface area contributed by atoms with Crippen molar-refractivity contribution in [1.82, 2.24) is 15.2 Å². The van der Waals surface area contributed by atoms with Crippen LogP contribution < -0.4 is 5.32 Å². The number of hydrogen-bond donors (Lipinski definition) is 1. The van der Waals surface area contributed by atoms with Gasteiger partial charge in [-0.15, -0.1) is 11.3 Å². The minimum atomic E-state index is -0.348. The number of thioether (sulfide) groups is 1. The molecule has 2 amide bonds. The molecule has 2 aromatic rings. The Morgan fingerprint density at radius 2 is 2.03 bits per heavy atom. The first-order valence-electron chi connectivity index (χ1n) is 9.92. The highest BCUT2D eigenvalue weighted by atomic mass is 32.2. The number of nitrogens with one attached hydrogen (secondary N) is 1. The maximum absolute atomic E-state index is 12.8. The van der Waals surface area contributed by atoms with E-state index in [-0.39, 0.29) is 22.6 Å². The van der Waals surface area contributed by atoms with Crippen LogP contribution >= 0.6 is 23.1 Å². The third kappa shape index (κ3) is 5.39. The van der Waals surface area contributed by atoms with Crippen molar-refractivity contribution in [2.75, 3.05) is 12.8 Å². The van der Waals surface area contributed by atoms with Gasteiger partial charge in [0.25, 0.3) is 0 Å². The van der Waals surface area contributed by atoms with Crippen LogP contribution in [0.5, 0.6) is 0 Å². The highest BCUT2D eigenvalue weighted by Gasteiger charge is 2.35. The van der Waals surface area contributed by atoms with Gasteiger partial charge in [-0.1, -0.05) is 38.1 Å². The number of rotatable bonds is 7. The summed E-state index contributed by atoms with van der Waals surface area (Å²) in [5.74, 6) is 0.0199. The fourth-order valence-electron chi connectivity index (χ4n) is 3.54. The van der Waals surface area contributed by atoms with E-state index < -0.39 is 0 Å². The monoisotopic (exact) mass is 431 g/mol. The predicted molar refractivity (Wildman–Crippen MR) is 121 cm³/mol. The second-order valence-electron chi connectivity index (χ2n) is 8.07. The van der Waals surface area contributed by atoms with Crippen molar-refractivity contribution in [1.29, 1.82) is 0 Å². The van der Waals surface area contributed by atoms with Gasteiger partial charge < -0.3 is 10.2 Å². The molecule has 1 saturated heterocycles. The van der Waals surface area contributed by atoms with E-state index in [2.05, 4.69) is 36.3 Å². The van der Waals surface area contributed by atoms with E-state index in [9.17, 15) is 9.59 Å². The third-order valence-electron chi connectivity index (χ3n) is 5.43. The van der Waals surface area contributed by atoms with Gasteiger partial charge >= 0.3 is 0 Å². The molecule has 156 valence electrons. The van der Waals surface area contributed by atoms with Crippen molar-refractivity contribution in [3.05, 3.63) is 41.0 Å². The highest BCUT2D eigenvalue weighted by molar-refractivity contribution is 7.99. The number of amides is 2. The lowest BCUT2D eigenvalue weighted by atomic mass is 10.1. The number of nitrogens with zero attached hydrogens (tertiary/aromatic N) is 2. The van der Waals surface area contributed by atoms with Gasteiger partial charge in [-0.3, -0.25) is 9.59 Å². The zero-order valence-corrected chi connectivity index (χ0v) is 19.2. The molecule has 1 aliphatic rings. The lowest BCUT2D eigenvalue weighted by Gasteiger charge is -2.28. The molecule has 0 saturated carbocycles. The summed E-state index contributed by atoms with van der Waals surface area (Å²) in [5, 5.41) is 3.02. The second kappa shape index (κ2) is 9.30. The van der Waals surface area contributed by atoms with E-state index >= 15 is 0 Å². The van der Waals surface area contributed by atoms with Gasteiger partial charge in [-0.05, 0) is 37.1 Å². The standard InChI is InChI=1S/C22H29N3O2S2/c1-15-20(29-14-24-15)17-9-7-16(8-10-17)13-23-21(27)18-6-5-11-25(18)19(26)12-22(2,3)28-4/h7-10,14,18H,5-6,11-13H2,1-4H3,(H,23,27). The van der Waals surface area contributed by atoms with Crippen LogP contribution in [0.15, 0.2) is 29.8 Å². The smallest absolute Gasteiger partial charge is 0.243 e. The van der Waals surface area contributed by atoms with Crippen LogP contribution in [0.4, 0.5) is 0 Å². The van der Waals surface area contributed by atoms with Crippen LogP contribution in [0.2, 0.25) is 0 Å². The number of thiazole rings is 1. The maximum Gasteiger partial charge on any atom is 0.243 e. The Balaban J connectivity index is 1.57. The molecule has 1 unspecified atom stereocenters. The van der Waals surface area contributed by atoms with Crippen LogP contribution in [0, 0.1) is 6.92 Å². The van der Waals surface area contributed by atoms with E-state index in [1.165, 1.54) is 4.88 Å². The minimum absolute atomic E-state index is 0.0554. The van der Waals surface area contributed by atoms with Crippen molar-refractivity contribution in [2.45, 2.75) is 57.4 Å².